The lowest BCUT2D eigenvalue weighted by molar-refractivity contribution is -0.00188. The second-order valence-electron chi connectivity index (χ2n) is 8.00. The molecule has 1 N–H and O–H groups in total. The monoisotopic (exact) mass is 329 g/mol. The van der Waals surface area contributed by atoms with Gasteiger partial charge in [0, 0.05) is 31.7 Å². The second kappa shape index (κ2) is 8.46. The van der Waals surface area contributed by atoms with Gasteiger partial charge in [-0.2, -0.15) is 0 Å². The summed E-state index contributed by atoms with van der Waals surface area (Å²) in [7, 11) is 4.36. The van der Waals surface area contributed by atoms with E-state index < -0.39 is 0 Å². The molecular weight excluding hydrogens is 294 g/mol. The summed E-state index contributed by atoms with van der Waals surface area (Å²) in [6.07, 6.45) is 8.10. The van der Waals surface area contributed by atoms with E-state index in [0.717, 1.165) is 5.92 Å². The average Bonchev–Trinajstić information content (AvgIpc) is 2.63. The van der Waals surface area contributed by atoms with Crippen LogP contribution in [0.5, 0.6) is 0 Å². The summed E-state index contributed by atoms with van der Waals surface area (Å²) in [6.45, 7) is 6.15. The maximum absolute atomic E-state index is 3.39. The average molecular weight is 330 g/mol. The summed E-state index contributed by atoms with van der Waals surface area (Å²) in [5, 5.41) is 3.39. The molecular formula is C21H35N3. The largest absolute Gasteiger partial charge is 0.319 e. The minimum Gasteiger partial charge on any atom is -0.319 e. The van der Waals surface area contributed by atoms with E-state index >= 15 is 0 Å². The highest BCUT2D eigenvalue weighted by Gasteiger charge is 2.40. The van der Waals surface area contributed by atoms with Crippen molar-refractivity contribution in [3.8, 4) is 0 Å². The zero-order chi connectivity index (χ0) is 16.8. The predicted molar refractivity (Wildman–Crippen MR) is 102 cm³/mol. The first kappa shape index (κ1) is 17.9. The van der Waals surface area contributed by atoms with Crippen LogP contribution < -0.4 is 5.32 Å². The number of aryl methyl sites for hydroxylation is 1. The third-order valence-corrected chi connectivity index (χ3v) is 6.42. The zero-order valence-electron chi connectivity index (χ0n) is 15.6. The number of piperazine rings is 1. The van der Waals surface area contributed by atoms with E-state index in [4.69, 9.17) is 0 Å². The van der Waals surface area contributed by atoms with Crippen LogP contribution in [0.2, 0.25) is 0 Å². The van der Waals surface area contributed by atoms with Crippen molar-refractivity contribution in [2.24, 2.45) is 5.92 Å². The van der Waals surface area contributed by atoms with Gasteiger partial charge in [0.15, 0.2) is 0 Å². The lowest BCUT2D eigenvalue weighted by Gasteiger charge is -2.51. The van der Waals surface area contributed by atoms with Crippen LogP contribution in [-0.4, -0.2) is 62.2 Å². The maximum Gasteiger partial charge on any atom is 0.0214 e. The van der Waals surface area contributed by atoms with Crippen molar-refractivity contribution in [2.75, 3.05) is 46.8 Å². The van der Waals surface area contributed by atoms with Crippen LogP contribution in [0.4, 0.5) is 0 Å². The first-order valence-electron chi connectivity index (χ1n) is 9.84. The van der Waals surface area contributed by atoms with E-state index in [9.17, 15) is 0 Å². The molecule has 2 aliphatic rings. The summed E-state index contributed by atoms with van der Waals surface area (Å²) in [6, 6.07) is 11.1. The number of nitrogens with zero attached hydrogens (tertiary/aromatic N) is 2. The van der Waals surface area contributed by atoms with E-state index in [-0.39, 0.29) is 0 Å². The van der Waals surface area contributed by atoms with Crippen molar-refractivity contribution < 1.29 is 0 Å². The van der Waals surface area contributed by atoms with Crippen LogP contribution in [0.15, 0.2) is 30.3 Å². The highest BCUT2D eigenvalue weighted by molar-refractivity contribution is 5.15. The van der Waals surface area contributed by atoms with E-state index in [1.165, 1.54) is 76.8 Å². The van der Waals surface area contributed by atoms with Gasteiger partial charge < -0.3 is 10.2 Å². The van der Waals surface area contributed by atoms with Crippen molar-refractivity contribution in [1.82, 2.24) is 15.1 Å². The smallest absolute Gasteiger partial charge is 0.0214 e. The number of likely N-dealkylation sites (N-methyl/N-ethyl adjacent to an activating group) is 1. The van der Waals surface area contributed by atoms with Gasteiger partial charge in [-0.1, -0.05) is 30.3 Å². The van der Waals surface area contributed by atoms with Gasteiger partial charge in [0.05, 0.1) is 0 Å². The summed E-state index contributed by atoms with van der Waals surface area (Å²) >= 11 is 0. The van der Waals surface area contributed by atoms with Crippen molar-refractivity contribution >= 4 is 0 Å². The molecule has 1 aromatic carbocycles. The topological polar surface area (TPSA) is 18.5 Å². The Labute approximate surface area is 148 Å². The Morgan fingerprint density at radius 1 is 1.04 bits per heavy atom. The molecule has 24 heavy (non-hydrogen) atoms. The summed E-state index contributed by atoms with van der Waals surface area (Å²) in [5.41, 5.74) is 1.95. The number of nitrogens with one attached hydrogen (secondary N) is 1. The molecule has 1 aliphatic heterocycles. The Kier molecular flexibility index (Phi) is 6.31. The van der Waals surface area contributed by atoms with E-state index in [1.807, 2.05) is 0 Å². The standard InChI is InChI=1S/C21H35N3/c1-22-18-20-9-12-21(13-10-20,24-16-14-23(2)15-17-24)11-8-19-6-4-3-5-7-19/h3-7,20,22H,8-18H2,1-2H3. The number of benzene rings is 1. The highest BCUT2D eigenvalue weighted by atomic mass is 15.3. The van der Waals surface area contributed by atoms with Gasteiger partial charge in [0.25, 0.3) is 0 Å². The Balaban J connectivity index is 1.67. The number of rotatable bonds is 6. The SMILES string of the molecule is CNCC1CCC(CCc2ccccc2)(N2CCN(C)CC2)CC1. The molecule has 1 saturated heterocycles. The van der Waals surface area contributed by atoms with Crippen molar-refractivity contribution in [3.63, 3.8) is 0 Å². The Bertz CT molecular complexity index is 471. The van der Waals surface area contributed by atoms with Crippen LogP contribution in [0.1, 0.15) is 37.7 Å². The van der Waals surface area contributed by atoms with Crippen LogP contribution in [-0.2, 0) is 6.42 Å². The van der Waals surface area contributed by atoms with E-state index in [2.05, 4.69) is 59.5 Å². The second-order valence-corrected chi connectivity index (χ2v) is 8.00. The summed E-state index contributed by atoms with van der Waals surface area (Å²) < 4.78 is 0. The van der Waals surface area contributed by atoms with E-state index in [1.54, 1.807) is 0 Å². The molecule has 0 aromatic heterocycles. The fourth-order valence-corrected chi connectivity index (χ4v) is 4.73. The molecule has 0 atom stereocenters. The quantitative estimate of drug-likeness (QED) is 0.865. The first-order chi connectivity index (χ1) is 11.7. The molecule has 0 unspecified atom stereocenters. The molecule has 1 heterocycles. The van der Waals surface area contributed by atoms with Crippen molar-refractivity contribution in [2.45, 2.75) is 44.1 Å². The summed E-state index contributed by atoms with van der Waals surface area (Å²) in [4.78, 5) is 5.33. The van der Waals surface area contributed by atoms with Crippen molar-refractivity contribution in [3.05, 3.63) is 35.9 Å². The predicted octanol–water partition coefficient (Wildman–Crippen LogP) is 3.02. The third-order valence-electron chi connectivity index (χ3n) is 6.42. The van der Waals surface area contributed by atoms with Gasteiger partial charge in [-0.05, 0) is 70.6 Å². The van der Waals surface area contributed by atoms with Gasteiger partial charge >= 0.3 is 0 Å². The van der Waals surface area contributed by atoms with Crippen molar-refractivity contribution in [1.29, 1.82) is 0 Å². The molecule has 1 aromatic rings. The van der Waals surface area contributed by atoms with Crippen LogP contribution in [0, 0.1) is 5.92 Å². The maximum atomic E-state index is 3.39. The zero-order valence-corrected chi connectivity index (χ0v) is 15.6. The Hall–Kier alpha value is -0.900. The Morgan fingerprint density at radius 3 is 2.33 bits per heavy atom. The molecule has 0 radical (unpaired) electrons. The molecule has 3 rings (SSSR count). The molecule has 0 spiro atoms. The normalized spacial score (nSPS) is 29.7. The molecule has 0 amide bonds. The minimum atomic E-state index is 0.446. The molecule has 134 valence electrons. The lowest BCUT2D eigenvalue weighted by atomic mass is 9.72. The fraction of sp³-hybridized carbons (Fsp3) is 0.714. The molecule has 1 aliphatic carbocycles. The van der Waals surface area contributed by atoms with Crippen LogP contribution >= 0.6 is 0 Å². The lowest BCUT2D eigenvalue weighted by Crippen LogP contribution is -2.58. The molecule has 2 fully saturated rings. The van der Waals surface area contributed by atoms with Gasteiger partial charge in [0.2, 0.25) is 0 Å². The summed E-state index contributed by atoms with van der Waals surface area (Å²) in [5.74, 6) is 0.882. The number of hydrogen-bond acceptors (Lipinski definition) is 3. The van der Waals surface area contributed by atoms with Gasteiger partial charge in [-0.15, -0.1) is 0 Å². The molecule has 1 saturated carbocycles. The highest BCUT2D eigenvalue weighted by Crippen LogP contribution is 2.40. The fourth-order valence-electron chi connectivity index (χ4n) is 4.73. The van der Waals surface area contributed by atoms with Gasteiger partial charge in [0.1, 0.15) is 0 Å². The van der Waals surface area contributed by atoms with Gasteiger partial charge in [-0.25, -0.2) is 0 Å². The number of hydrogen-bond donors (Lipinski definition) is 1. The third kappa shape index (κ3) is 4.38. The molecule has 3 heteroatoms. The first-order valence-corrected chi connectivity index (χ1v) is 9.84. The molecule has 3 nitrogen and oxygen atoms in total. The van der Waals surface area contributed by atoms with Gasteiger partial charge in [-0.3, -0.25) is 4.90 Å². The minimum absolute atomic E-state index is 0.446. The Morgan fingerprint density at radius 2 is 1.71 bits per heavy atom. The van der Waals surface area contributed by atoms with E-state index in [0.29, 0.717) is 5.54 Å². The van der Waals surface area contributed by atoms with Crippen LogP contribution in [0.25, 0.3) is 0 Å². The van der Waals surface area contributed by atoms with Crippen LogP contribution in [0.3, 0.4) is 0 Å². The molecule has 0 bridgehead atoms.